The normalized spacial score (nSPS) is 38.4. The molecule has 6 rings (SSSR count). The second-order valence-electron chi connectivity index (χ2n) is 9.34. The first-order chi connectivity index (χ1) is 12.5. The predicted molar refractivity (Wildman–Crippen MR) is 99.5 cm³/mol. The first-order valence-corrected chi connectivity index (χ1v) is 10.4. The molecule has 0 aromatic heterocycles. The van der Waals surface area contributed by atoms with Crippen molar-refractivity contribution < 1.29 is 14.9 Å². The molecule has 1 aromatic carbocycles. The number of carbonyl (C=O) groups excluding carboxylic acids is 2. The highest BCUT2D eigenvalue weighted by molar-refractivity contribution is 6.21. The van der Waals surface area contributed by atoms with E-state index in [0.29, 0.717) is 6.42 Å². The fourth-order valence-electron chi connectivity index (χ4n) is 6.75. The minimum atomic E-state index is -0.218. The standard InChI is InChI=1S/C22H28N2O2/c1-2-14-3-5-18(6-4-14)24-20(25)10-19(21(24)26)23-22-11-15-7-16(12-22)9-17(8-15)13-22/h3-6,15-17,19,23H,2,7-13H2,1H3/p+1/t15?,16?,17?,19-,22?/m1/s1. The van der Waals surface area contributed by atoms with Crippen LogP contribution < -0.4 is 10.2 Å². The molecular weight excluding hydrogens is 324 g/mol. The lowest BCUT2D eigenvalue weighted by Crippen LogP contribution is -3.03. The summed E-state index contributed by atoms with van der Waals surface area (Å²) < 4.78 is 0. The molecule has 2 N–H and O–H groups in total. The van der Waals surface area contributed by atoms with Gasteiger partial charge in [0.05, 0.1) is 17.6 Å². The van der Waals surface area contributed by atoms with E-state index in [1.807, 2.05) is 24.3 Å². The number of benzene rings is 1. The number of amides is 2. The summed E-state index contributed by atoms with van der Waals surface area (Å²) in [5.74, 6) is 2.55. The number of quaternary nitrogens is 1. The smallest absolute Gasteiger partial charge is 0.292 e. The molecule has 0 spiro atoms. The molecule has 1 atom stereocenters. The van der Waals surface area contributed by atoms with Crippen LogP contribution in [0.15, 0.2) is 24.3 Å². The fourth-order valence-corrected chi connectivity index (χ4v) is 6.75. The van der Waals surface area contributed by atoms with Crippen molar-refractivity contribution in [3.63, 3.8) is 0 Å². The summed E-state index contributed by atoms with van der Waals surface area (Å²) in [6, 6.07) is 7.66. The predicted octanol–water partition coefficient (Wildman–Crippen LogP) is 2.41. The molecule has 4 bridgehead atoms. The number of hydrogen-bond acceptors (Lipinski definition) is 2. The van der Waals surface area contributed by atoms with Crippen molar-refractivity contribution in [1.82, 2.24) is 0 Å². The molecule has 5 fully saturated rings. The van der Waals surface area contributed by atoms with Gasteiger partial charge >= 0.3 is 0 Å². The van der Waals surface area contributed by atoms with Crippen LogP contribution in [0.5, 0.6) is 0 Å². The summed E-state index contributed by atoms with van der Waals surface area (Å²) in [7, 11) is 0. The van der Waals surface area contributed by atoms with Gasteiger partial charge in [-0.2, -0.15) is 0 Å². The van der Waals surface area contributed by atoms with E-state index in [2.05, 4.69) is 12.2 Å². The van der Waals surface area contributed by atoms with E-state index in [0.717, 1.165) is 29.9 Å². The molecule has 1 heterocycles. The number of nitrogens with zero attached hydrogens (tertiary/aromatic N) is 1. The minimum absolute atomic E-state index is 0.00464. The third-order valence-corrected chi connectivity index (χ3v) is 7.42. The summed E-state index contributed by atoms with van der Waals surface area (Å²) in [5.41, 5.74) is 2.19. The number of rotatable bonds is 4. The maximum atomic E-state index is 13.1. The molecule has 4 saturated carbocycles. The largest absolute Gasteiger partial charge is 0.331 e. The van der Waals surface area contributed by atoms with E-state index in [1.165, 1.54) is 49.0 Å². The summed E-state index contributed by atoms with van der Waals surface area (Å²) in [4.78, 5) is 27.1. The zero-order valence-electron chi connectivity index (χ0n) is 15.6. The molecule has 4 aliphatic carbocycles. The average molecular weight is 353 g/mol. The number of carbonyl (C=O) groups is 2. The molecule has 4 heteroatoms. The van der Waals surface area contributed by atoms with Gasteiger partial charge in [-0.15, -0.1) is 0 Å². The van der Waals surface area contributed by atoms with Gasteiger partial charge < -0.3 is 5.32 Å². The highest BCUT2D eigenvalue weighted by Crippen LogP contribution is 2.54. The van der Waals surface area contributed by atoms with E-state index in [9.17, 15) is 9.59 Å². The van der Waals surface area contributed by atoms with Crippen molar-refractivity contribution in [3.8, 4) is 0 Å². The molecule has 4 nitrogen and oxygen atoms in total. The molecule has 1 aliphatic heterocycles. The lowest BCUT2D eigenvalue weighted by molar-refractivity contribution is -0.755. The Hall–Kier alpha value is -1.68. The van der Waals surface area contributed by atoms with Crippen LogP contribution in [0.2, 0.25) is 0 Å². The molecule has 1 saturated heterocycles. The molecule has 138 valence electrons. The molecule has 26 heavy (non-hydrogen) atoms. The third kappa shape index (κ3) is 2.61. The van der Waals surface area contributed by atoms with Gasteiger partial charge in [-0.1, -0.05) is 19.1 Å². The van der Waals surface area contributed by atoms with Gasteiger partial charge in [0.15, 0.2) is 6.04 Å². The van der Waals surface area contributed by atoms with Gasteiger partial charge in [-0.25, -0.2) is 4.90 Å². The van der Waals surface area contributed by atoms with Crippen molar-refractivity contribution in [1.29, 1.82) is 0 Å². The summed E-state index contributed by atoms with van der Waals surface area (Å²) in [6.07, 6.45) is 9.29. The number of hydrogen-bond donors (Lipinski definition) is 1. The Morgan fingerprint density at radius 1 is 1.00 bits per heavy atom. The second kappa shape index (κ2) is 5.91. The zero-order valence-corrected chi connectivity index (χ0v) is 15.6. The van der Waals surface area contributed by atoms with Crippen LogP contribution in [0.4, 0.5) is 5.69 Å². The van der Waals surface area contributed by atoms with Gasteiger partial charge in [0, 0.05) is 19.3 Å². The van der Waals surface area contributed by atoms with Crippen molar-refractivity contribution in [2.75, 3.05) is 4.90 Å². The topological polar surface area (TPSA) is 54.0 Å². The molecule has 0 unspecified atom stereocenters. The van der Waals surface area contributed by atoms with E-state index in [4.69, 9.17) is 0 Å². The Kier molecular flexibility index (Phi) is 3.75. The summed E-state index contributed by atoms with van der Waals surface area (Å²) in [6.45, 7) is 2.11. The lowest BCUT2D eigenvalue weighted by atomic mass is 9.53. The number of aryl methyl sites for hydroxylation is 1. The van der Waals surface area contributed by atoms with E-state index in [1.54, 1.807) is 0 Å². The van der Waals surface area contributed by atoms with Crippen LogP contribution in [-0.4, -0.2) is 23.4 Å². The maximum absolute atomic E-state index is 13.1. The Morgan fingerprint density at radius 2 is 1.58 bits per heavy atom. The summed E-state index contributed by atoms with van der Waals surface area (Å²) in [5, 5.41) is 2.33. The Balaban J connectivity index is 1.35. The van der Waals surface area contributed by atoms with Gasteiger partial charge in [-0.05, 0) is 61.1 Å². The number of anilines is 1. The SMILES string of the molecule is CCc1ccc(N2C(=O)C[C@@H]([NH2+]C34CC5CC(CC(C5)C3)C4)C2=O)cc1. The quantitative estimate of drug-likeness (QED) is 0.845. The number of imide groups is 1. The van der Waals surface area contributed by atoms with Crippen LogP contribution in [0.3, 0.4) is 0 Å². The molecule has 1 aromatic rings. The van der Waals surface area contributed by atoms with Crippen LogP contribution in [0.1, 0.15) is 57.4 Å². The Bertz CT molecular complexity index is 704. The minimum Gasteiger partial charge on any atom is -0.331 e. The fraction of sp³-hybridized carbons (Fsp3) is 0.636. The third-order valence-electron chi connectivity index (χ3n) is 7.42. The van der Waals surface area contributed by atoms with Gasteiger partial charge in [0.2, 0.25) is 5.91 Å². The monoisotopic (exact) mass is 353 g/mol. The summed E-state index contributed by atoms with van der Waals surface area (Å²) >= 11 is 0. The zero-order chi connectivity index (χ0) is 17.9. The first-order valence-electron chi connectivity index (χ1n) is 10.4. The first kappa shape index (κ1) is 16.5. The van der Waals surface area contributed by atoms with Crippen LogP contribution in [0, 0.1) is 17.8 Å². The average Bonchev–Trinajstić information content (AvgIpc) is 2.87. The molecule has 2 amide bonds. The second-order valence-corrected chi connectivity index (χ2v) is 9.34. The van der Waals surface area contributed by atoms with Crippen LogP contribution in [-0.2, 0) is 16.0 Å². The van der Waals surface area contributed by atoms with Gasteiger partial charge in [0.1, 0.15) is 0 Å². The maximum Gasteiger partial charge on any atom is 0.292 e. The number of nitrogens with two attached hydrogens (primary N) is 1. The van der Waals surface area contributed by atoms with Crippen LogP contribution in [0.25, 0.3) is 0 Å². The Labute approximate surface area is 155 Å². The van der Waals surface area contributed by atoms with Crippen molar-refractivity contribution in [2.24, 2.45) is 17.8 Å². The van der Waals surface area contributed by atoms with Crippen molar-refractivity contribution >= 4 is 17.5 Å². The highest BCUT2D eigenvalue weighted by Gasteiger charge is 2.56. The van der Waals surface area contributed by atoms with E-state index in [-0.39, 0.29) is 23.4 Å². The molecule has 0 radical (unpaired) electrons. The molecular formula is C22H29N2O2+. The van der Waals surface area contributed by atoms with Gasteiger partial charge in [0.25, 0.3) is 5.91 Å². The van der Waals surface area contributed by atoms with E-state index < -0.39 is 0 Å². The van der Waals surface area contributed by atoms with Crippen molar-refractivity contribution in [2.45, 2.75) is 69.9 Å². The van der Waals surface area contributed by atoms with E-state index >= 15 is 0 Å². The Morgan fingerprint density at radius 3 is 2.12 bits per heavy atom. The molecule has 5 aliphatic rings. The van der Waals surface area contributed by atoms with Gasteiger partial charge in [-0.3, -0.25) is 9.59 Å². The van der Waals surface area contributed by atoms with Crippen LogP contribution >= 0.6 is 0 Å². The highest BCUT2D eigenvalue weighted by atomic mass is 16.2. The lowest BCUT2D eigenvalue weighted by Gasteiger charge is -2.55. The van der Waals surface area contributed by atoms with Crippen molar-refractivity contribution in [3.05, 3.63) is 29.8 Å².